The molecule has 0 bridgehead atoms. The first-order valence-corrected chi connectivity index (χ1v) is 8.05. The summed E-state index contributed by atoms with van der Waals surface area (Å²) < 4.78 is 0. The van der Waals surface area contributed by atoms with Gasteiger partial charge >= 0.3 is 0 Å². The SMILES string of the molecule is CC(C)(C)CC(=O)NCc1ccc(N2CCCCC2)cc1. The number of nitrogens with zero attached hydrogens (tertiary/aromatic N) is 1. The summed E-state index contributed by atoms with van der Waals surface area (Å²) in [6.45, 7) is 9.21. The van der Waals surface area contributed by atoms with Crippen molar-refractivity contribution in [2.24, 2.45) is 5.41 Å². The first-order chi connectivity index (χ1) is 9.94. The van der Waals surface area contributed by atoms with E-state index in [2.05, 4.69) is 55.3 Å². The Morgan fingerprint density at radius 2 is 1.71 bits per heavy atom. The second-order valence-electron chi connectivity index (χ2n) is 7.23. The Labute approximate surface area is 128 Å². The standard InChI is InChI=1S/C18H28N2O/c1-18(2,3)13-17(21)19-14-15-7-9-16(10-8-15)20-11-5-4-6-12-20/h7-10H,4-6,11-14H2,1-3H3,(H,19,21). The zero-order valence-corrected chi connectivity index (χ0v) is 13.6. The van der Waals surface area contributed by atoms with E-state index in [9.17, 15) is 4.79 Å². The lowest BCUT2D eigenvalue weighted by Crippen LogP contribution is -2.29. The average Bonchev–Trinajstić information content (AvgIpc) is 2.45. The normalized spacial score (nSPS) is 15.9. The molecule has 1 fully saturated rings. The molecule has 0 saturated carbocycles. The van der Waals surface area contributed by atoms with Gasteiger partial charge in [0.2, 0.25) is 5.91 Å². The van der Waals surface area contributed by atoms with Gasteiger partial charge in [-0.3, -0.25) is 4.79 Å². The van der Waals surface area contributed by atoms with Crippen molar-refractivity contribution in [3.05, 3.63) is 29.8 Å². The average molecular weight is 288 g/mol. The number of hydrogen-bond donors (Lipinski definition) is 1. The van der Waals surface area contributed by atoms with Crippen LogP contribution in [0.3, 0.4) is 0 Å². The highest BCUT2D eigenvalue weighted by atomic mass is 16.1. The molecule has 21 heavy (non-hydrogen) atoms. The summed E-state index contributed by atoms with van der Waals surface area (Å²) in [4.78, 5) is 14.3. The summed E-state index contributed by atoms with van der Waals surface area (Å²) in [5.74, 6) is 0.127. The Hall–Kier alpha value is -1.51. The van der Waals surface area contributed by atoms with E-state index in [0.29, 0.717) is 13.0 Å². The van der Waals surface area contributed by atoms with Gasteiger partial charge in [-0.1, -0.05) is 32.9 Å². The van der Waals surface area contributed by atoms with Crippen LogP contribution in [0, 0.1) is 5.41 Å². The summed E-state index contributed by atoms with van der Waals surface area (Å²) in [5, 5.41) is 3.00. The molecule has 0 radical (unpaired) electrons. The highest BCUT2D eigenvalue weighted by molar-refractivity contribution is 5.76. The second kappa shape index (κ2) is 6.97. The topological polar surface area (TPSA) is 32.3 Å². The molecule has 0 unspecified atom stereocenters. The summed E-state index contributed by atoms with van der Waals surface area (Å²) in [6.07, 6.45) is 4.52. The molecule has 1 aromatic carbocycles. The molecule has 3 nitrogen and oxygen atoms in total. The van der Waals surface area contributed by atoms with Gasteiger partial charge in [0.15, 0.2) is 0 Å². The Morgan fingerprint density at radius 1 is 1.10 bits per heavy atom. The first-order valence-electron chi connectivity index (χ1n) is 8.05. The van der Waals surface area contributed by atoms with Crippen molar-refractivity contribution in [1.82, 2.24) is 5.32 Å². The van der Waals surface area contributed by atoms with Crippen LogP contribution in [-0.2, 0) is 11.3 Å². The fraction of sp³-hybridized carbons (Fsp3) is 0.611. The second-order valence-corrected chi connectivity index (χ2v) is 7.23. The van der Waals surface area contributed by atoms with Gasteiger partial charge in [0.1, 0.15) is 0 Å². The van der Waals surface area contributed by atoms with Crippen LogP contribution in [0.5, 0.6) is 0 Å². The monoisotopic (exact) mass is 288 g/mol. The zero-order chi connectivity index (χ0) is 15.3. The van der Waals surface area contributed by atoms with Crippen molar-refractivity contribution in [3.63, 3.8) is 0 Å². The van der Waals surface area contributed by atoms with Crippen molar-refractivity contribution in [2.75, 3.05) is 18.0 Å². The fourth-order valence-corrected chi connectivity index (χ4v) is 2.72. The van der Waals surface area contributed by atoms with E-state index in [1.54, 1.807) is 0 Å². The fourth-order valence-electron chi connectivity index (χ4n) is 2.72. The highest BCUT2D eigenvalue weighted by Gasteiger charge is 2.15. The Bertz CT molecular complexity index is 453. The third-order valence-corrected chi connectivity index (χ3v) is 3.84. The van der Waals surface area contributed by atoms with E-state index < -0.39 is 0 Å². The molecule has 0 aliphatic carbocycles. The molecule has 1 N–H and O–H groups in total. The summed E-state index contributed by atoms with van der Waals surface area (Å²) in [5.41, 5.74) is 2.51. The molecule has 0 aromatic heterocycles. The maximum absolute atomic E-state index is 11.8. The van der Waals surface area contributed by atoms with Gasteiger partial charge in [-0.15, -0.1) is 0 Å². The number of carbonyl (C=O) groups excluding carboxylic acids is 1. The molecule has 1 amide bonds. The Balaban J connectivity index is 1.83. The van der Waals surface area contributed by atoms with Crippen molar-refractivity contribution in [3.8, 4) is 0 Å². The maximum atomic E-state index is 11.8. The molecule has 0 atom stereocenters. The lowest BCUT2D eigenvalue weighted by atomic mass is 9.92. The third kappa shape index (κ3) is 5.41. The lowest BCUT2D eigenvalue weighted by Gasteiger charge is -2.28. The van der Waals surface area contributed by atoms with Crippen molar-refractivity contribution < 1.29 is 4.79 Å². The molecule has 2 rings (SSSR count). The zero-order valence-electron chi connectivity index (χ0n) is 13.6. The van der Waals surface area contributed by atoms with Gasteiger partial charge in [0.05, 0.1) is 0 Å². The number of piperidine rings is 1. The predicted molar refractivity (Wildman–Crippen MR) is 88.4 cm³/mol. The molecular weight excluding hydrogens is 260 g/mol. The summed E-state index contributed by atoms with van der Waals surface area (Å²) >= 11 is 0. The molecule has 3 heteroatoms. The van der Waals surface area contributed by atoms with E-state index in [-0.39, 0.29) is 11.3 Å². The number of anilines is 1. The molecular formula is C18H28N2O. The molecule has 1 heterocycles. The van der Waals surface area contributed by atoms with Crippen LogP contribution in [0.4, 0.5) is 5.69 Å². The minimum absolute atomic E-state index is 0.0439. The minimum Gasteiger partial charge on any atom is -0.372 e. The summed E-state index contributed by atoms with van der Waals surface area (Å²) in [7, 11) is 0. The Kier molecular flexibility index (Phi) is 5.27. The van der Waals surface area contributed by atoms with Crippen LogP contribution in [0.25, 0.3) is 0 Å². The third-order valence-electron chi connectivity index (χ3n) is 3.84. The number of amides is 1. The summed E-state index contributed by atoms with van der Waals surface area (Å²) in [6, 6.07) is 8.61. The maximum Gasteiger partial charge on any atom is 0.220 e. The van der Waals surface area contributed by atoms with Crippen LogP contribution in [0.2, 0.25) is 0 Å². The van der Waals surface area contributed by atoms with E-state index in [4.69, 9.17) is 0 Å². The van der Waals surface area contributed by atoms with E-state index in [1.807, 2.05) is 0 Å². The number of hydrogen-bond acceptors (Lipinski definition) is 2. The largest absolute Gasteiger partial charge is 0.372 e. The van der Waals surface area contributed by atoms with Gasteiger partial charge in [-0.2, -0.15) is 0 Å². The van der Waals surface area contributed by atoms with Crippen LogP contribution >= 0.6 is 0 Å². The van der Waals surface area contributed by atoms with Crippen LogP contribution in [0.15, 0.2) is 24.3 Å². The minimum atomic E-state index is 0.0439. The molecule has 0 spiro atoms. The molecule has 1 saturated heterocycles. The van der Waals surface area contributed by atoms with Crippen molar-refractivity contribution >= 4 is 11.6 Å². The molecule has 1 aliphatic rings. The molecule has 1 aliphatic heterocycles. The van der Waals surface area contributed by atoms with Crippen LogP contribution in [-0.4, -0.2) is 19.0 Å². The van der Waals surface area contributed by atoms with Crippen molar-refractivity contribution in [1.29, 1.82) is 0 Å². The van der Waals surface area contributed by atoms with Crippen LogP contribution < -0.4 is 10.2 Å². The van der Waals surface area contributed by atoms with Gasteiger partial charge in [0, 0.05) is 31.7 Å². The molecule has 1 aromatic rings. The number of rotatable bonds is 4. The predicted octanol–water partition coefficient (Wildman–Crippen LogP) is 3.73. The van der Waals surface area contributed by atoms with Crippen molar-refractivity contribution in [2.45, 2.75) is 53.0 Å². The highest BCUT2D eigenvalue weighted by Crippen LogP contribution is 2.20. The number of carbonyl (C=O) groups is 1. The first kappa shape index (κ1) is 15.9. The van der Waals surface area contributed by atoms with Gasteiger partial charge in [0.25, 0.3) is 0 Å². The van der Waals surface area contributed by atoms with Crippen LogP contribution in [0.1, 0.15) is 52.0 Å². The number of benzene rings is 1. The number of nitrogens with one attached hydrogen (secondary N) is 1. The van der Waals surface area contributed by atoms with E-state index in [0.717, 1.165) is 5.56 Å². The van der Waals surface area contributed by atoms with Gasteiger partial charge < -0.3 is 10.2 Å². The smallest absolute Gasteiger partial charge is 0.220 e. The van der Waals surface area contributed by atoms with E-state index >= 15 is 0 Å². The van der Waals surface area contributed by atoms with Gasteiger partial charge in [-0.25, -0.2) is 0 Å². The van der Waals surface area contributed by atoms with Gasteiger partial charge in [-0.05, 0) is 42.4 Å². The van der Waals surface area contributed by atoms with E-state index in [1.165, 1.54) is 38.0 Å². The molecule has 116 valence electrons. The lowest BCUT2D eigenvalue weighted by molar-refractivity contribution is -0.122. The quantitative estimate of drug-likeness (QED) is 0.915. The Morgan fingerprint density at radius 3 is 2.29 bits per heavy atom.